The topological polar surface area (TPSA) is 64.1 Å². The number of aryl methyl sites for hydroxylation is 2. The van der Waals surface area contributed by atoms with Gasteiger partial charge in [0.2, 0.25) is 5.13 Å². The summed E-state index contributed by atoms with van der Waals surface area (Å²) >= 11 is 1.42. The Balaban J connectivity index is 1.85. The van der Waals surface area contributed by atoms with E-state index in [2.05, 4.69) is 22.4 Å². The number of unbranched alkanes of at least 4 members (excludes halogenated alkanes) is 1. The van der Waals surface area contributed by atoms with Gasteiger partial charge in [-0.2, -0.15) is 0 Å². The molecule has 1 aromatic heterocycles. The number of benzene rings is 1. The van der Waals surface area contributed by atoms with E-state index in [0.717, 1.165) is 41.1 Å². The summed E-state index contributed by atoms with van der Waals surface area (Å²) in [6.45, 7) is 6.09. The molecule has 0 saturated heterocycles. The monoisotopic (exact) mass is 319 g/mol. The molecule has 0 aliphatic carbocycles. The van der Waals surface area contributed by atoms with Gasteiger partial charge in [-0.3, -0.25) is 10.1 Å². The highest BCUT2D eigenvalue weighted by Crippen LogP contribution is 2.21. The number of rotatable bonds is 7. The molecule has 6 heteroatoms. The van der Waals surface area contributed by atoms with Crippen LogP contribution in [-0.4, -0.2) is 22.7 Å². The Morgan fingerprint density at radius 3 is 2.91 bits per heavy atom. The second-order valence-electron chi connectivity index (χ2n) is 5.14. The van der Waals surface area contributed by atoms with Crippen LogP contribution in [0, 0.1) is 13.8 Å². The quantitative estimate of drug-likeness (QED) is 0.848. The minimum absolute atomic E-state index is 0.0336. The Kier molecular flexibility index (Phi) is 5.89. The van der Waals surface area contributed by atoms with Crippen LogP contribution in [0.4, 0.5) is 5.13 Å². The van der Waals surface area contributed by atoms with E-state index in [1.807, 2.05) is 32.0 Å². The number of aromatic nitrogens is 2. The molecule has 1 N–H and O–H groups in total. The molecule has 2 aromatic rings. The number of carbonyl (C=O) groups excluding carboxylic acids is 1. The Labute approximate surface area is 134 Å². The first-order valence-electron chi connectivity index (χ1n) is 7.41. The number of nitrogens with zero attached hydrogens (tertiary/aromatic N) is 2. The highest BCUT2D eigenvalue weighted by Gasteiger charge is 2.10. The minimum atomic E-state index is -0.223. The molecule has 118 valence electrons. The van der Waals surface area contributed by atoms with Gasteiger partial charge >= 0.3 is 0 Å². The largest absolute Gasteiger partial charge is 0.483 e. The van der Waals surface area contributed by atoms with Crippen molar-refractivity contribution in [3.8, 4) is 5.75 Å². The second kappa shape index (κ2) is 7.89. The summed E-state index contributed by atoms with van der Waals surface area (Å²) < 4.78 is 5.57. The van der Waals surface area contributed by atoms with Gasteiger partial charge in [-0.1, -0.05) is 36.8 Å². The molecule has 0 spiro atoms. The lowest BCUT2D eigenvalue weighted by molar-refractivity contribution is -0.118. The van der Waals surface area contributed by atoms with Crippen LogP contribution >= 0.6 is 11.3 Å². The molecule has 0 bridgehead atoms. The Hall–Kier alpha value is -1.95. The third-order valence-corrected chi connectivity index (χ3v) is 4.27. The van der Waals surface area contributed by atoms with Crippen molar-refractivity contribution in [2.75, 3.05) is 11.9 Å². The zero-order chi connectivity index (χ0) is 15.9. The fourth-order valence-corrected chi connectivity index (χ4v) is 2.71. The van der Waals surface area contributed by atoms with Gasteiger partial charge < -0.3 is 4.74 Å². The van der Waals surface area contributed by atoms with Crippen LogP contribution in [-0.2, 0) is 11.2 Å². The van der Waals surface area contributed by atoms with Crippen molar-refractivity contribution >= 4 is 22.4 Å². The summed E-state index contributed by atoms with van der Waals surface area (Å²) in [5, 5.41) is 12.2. The summed E-state index contributed by atoms with van der Waals surface area (Å²) in [5.41, 5.74) is 2.19. The van der Waals surface area contributed by atoms with Gasteiger partial charge in [0.15, 0.2) is 6.61 Å². The van der Waals surface area contributed by atoms with E-state index in [0.29, 0.717) is 5.13 Å². The number of nitrogens with one attached hydrogen (secondary N) is 1. The van der Waals surface area contributed by atoms with Crippen LogP contribution < -0.4 is 10.1 Å². The molecule has 1 heterocycles. The fourth-order valence-electron chi connectivity index (χ4n) is 1.91. The molecule has 22 heavy (non-hydrogen) atoms. The smallest absolute Gasteiger partial charge is 0.264 e. The first-order valence-corrected chi connectivity index (χ1v) is 8.23. The van der Waals surface area contributed by atoms with Crippen LogP contribution in [0.15, 0.2) is 18.2 Å². The predicted molar refractivity (Wildman–Crippen MR) is 88.6 cm³/mol. The molecule has 1 aromatic carbocycles. The number of ether oxygens (including phenoxy) is 1. The van der Waals surface area contributed by atoms with Crippen molar-refractivity contribution in [3.05, 3.63) is 34.3 Å². The third-order valence-electron chi connectivity index (χ3n) is 3.37. The van der Waals surface area contributed by atoms with Gasteiger partial charge in [-0.25, -0.2) is 0 Å². The van der Waals surface area contributed by atoms with Gasteiger partial charge in [-0.15, -0.1) is 10.2 Å². The molecule has 2 rings (SSSR count). The summed E-state index contributed by atoms with van der Waals surface area (Å²) in [4.78, 5) is 11.9. The molecule has 1 amide bonds. The average molecular weight is 319 g/mol. The van der Waals surface area contributed by atoms with E-state index in [4.69, 9.17) is 4.74 Å². The molecular formula is C16H21N3O2S. The number of hydrogen-bond acceptors (Lipinski definition) is 5. The Bertz CT molecular complexity index is 640. The van der Waals surface area contributed by atoms with E-state index in [1.165, 1.54) is 11.3 Å². The Morgan fingerprint density at radius 2 is 2.14 bits per heavy atom. The van der Waals surface area contributed by atoms with Gasteiger partial charge in [0.25, 0.3) is 5.91 Å². The number of amides is 1. The van der Waals surface area contributed by atoms with E-state index in [9.17, 15) is 4.79 Å². The zero-order valence-corrected chi connectivity index (χ0v) is 14.0. The molecule has 0 unspecified atom stereocenters. The molecular weight excluding hydrogens is 298 g/mol. The number of anilines is 1. The lowest BCUT2D eigenvalue weighted by Crippen LogP contribution is -2.20. The van der Waals surface area contributed by atoms with Crippen molar-refractivity contribution in [2.24, 2.45) is 0 Å². The molecule has 0 radical (unpaired) electrons. The van der Waals surface area contributed by atoms with Gasteiger partial charge in [0.1, 0.15) is 10.8 Å². The molecule has 0 aliphatic rings. The highest BCUT2D eigenvalue weighted by atomic mass is 32.1. The van der Waals surface area contributed by atoms with E-state index >= 15 is 0 Å². The summed E-state index contributed by atoms with van der Waals surface area (Å²) in [6, 6.07) is 5.80. The predicted octanol–water partition coefficient (Wildman–Crippen LogP) is 3.52. The van der Waals surface area contributed by atoms with Crippen LogP contribution in [0.5, 0.6) is 5.75 Å². The molecule has 0 fully saturated rings. The second-order valence-corrected chi connectivity index (χ2v) is 6.20. The molecule has 5 nitrogen and oxygen atoms in total. The van der Waals surface area contributed by atoms with E-state index < -0.39 is 0 Å². The third kappa shape index (κ3) is 4.53. The lowest BCUT2D eigenvalue weighted by atomic mass is 10.1. The maximum Gasteiger partial charge on any atom is 0.264 e. The maximum absolute atomic E-state index is 11.9. The van der Waals surface area contributed by atoms with Crippen LogP contribution in [0.3, 0.4) is 0 Å². The summed E-state index contributed by atoms with van der Waals surface area (Å²) in [5.74, 6) is 0.509. The zero-order valence-electron chi connectivity index (χ0n) is 13.2. The van der Waals surface area contributed by atoms with E-state index in [-0.39, 0.29) is 12.5 Å². The number of hydrogen-bond donors (Lipinski definition) is 1. The summed E-state index contributed by atoms with van der Waals surface area (Å²) in [6.07, 6.45) is 3.10. The van der Waals surface area contributed by atoms with Crippen LogP contribution in [0.2, 0.25) is 0 Å². The van der Waals surface area contributed by atoms with Crippen molar-refractivity contribution in [3.63, 3.8) is 0 Å². The van der Waals surface area contributed by atoms with Gasteiger partial charge in [0.05, 0.1) is 0 Å². The first-order chi connectivity index (χ1) is 10.6. The Morgan fingerprint density at radius 1 is 1.32 bits per heavy atom. The highest BCUT2D eigenvalue weighted by molar-refractivity contribution is 7.15. The maximum atomic E-state index is 11.9. The van der Waals surface area contributed by atoms with Crippen molar-refractivity contribution in [1.82, 2.24) is 10.2 Å². The van der Waals surface area contributed by atoms with Gasteiger partial charge in [0, 0.05) is 6.42 Å². The van der Waals surface area contributed by atoms with Crippen molar-refractivity contribution in [2.45, 2.75) is 40.0 Å². The lowest BCUT2D eigenvalue weighted by Gasteiger charge is -2.10. The first kappa shape index (κ1) is 16.4. The van der Waals surface area contributed by atoms with Crippen LogP contribution in [0.1, 0.15) is 35.9 Å². The van der Waals surface area contributed by atoms with Crippen molar-refractivity contribution in [1.29, 1.82) is 0 Å². The minimum Gasteiger partial charge on any atom is -0.483 e. The fraction of sp³-hybridized carbons (Fsp3) is 0.438. The summed E-state index contributed by atoms with van der Waals surface area (Å²) in [7, 11) is 0. The standard InChI is InChI=1S/C16H21N3O2S/c1-4-5-9-15-18-19-16(22-15)17-14(20)10-21-13-8-6-7-11(2)12(13)3/h6-8H,4-5,9-10H2,1-3H3,(H,17,19,20). The molecule has 0 saturated carbocycles. The van der Waals surface area contributed by atoms with E-state index in [1.54, 1.807) is 0 Å². The molecule has 0 aliphatic heterocycles. The van der Waals surface area contributed by atoms with Crippen molar-refractivity contribution < 1.29 is 9.53 Å². The normalized spacial score (nSPS) is 10.5. The molecule has 0 atom stereocenters. The number of carbonyl (C=O) groups is 1. The SMILES string of the molecule is CCCCc1nnc(NC(=O)COc2cccc(C)c2C)s1. The van der Waals surface area contributed by atoms with Gasteiger partial charge in [-0.05, 0) is 37.5 Å². The van der Waals surface area contributed by atoms with Crippen LogP contribution in [0.25, 0.3) is 0 Å². The average Bonchev–Trinajstić information content (AvgIpc) is 2.94.